The third-order valence-corrected chi connectivity index (χ3v) is 3.20. The van der Waals surface area contributed by atoms with Crippen LogP contribution in [0.15, 0.2) is 42.7 Å². The number of ether oxygens (including phenoxy) is 1. The van der Waals surface area contributed by atoms with Crippen molar-refractivity contribution in [1.29, 1.82) is 0 Å². The molecule has 0 unspecified atom stereocenters. The Hall–Kier alpha value is -2.61. The molecule has 2 rings (SSSR count). The number of nitrogens with zero attached hydrogens (tertiary/aromatic N) is 1. The maximum absolute atomic E-state index is 12.5. The second-order valence-corrected chi connectivity index (χ2v) is 4.96. The van der Waals surface area contributed by atoms with Crippen LogP contribution in [-0.4, -0.2) is 22.1 Å². The number of hydrogen-bond donors (Lipinski definition) is 2. The molecule has 1 aromatic heterocycles. The molecule has 0 bridgehead atoms. The van der Waals surface area contributed by atoms with Gasteiger partial charge in [-0.2, -0.15) is 13.2 Å². The van der Waals surface area contributed by atoms with Gasteiger partial charge in [-0.1, -0.05) is 0 Å². The van der Waals surface area contributed by atoms with E-state index in [-0.39, 0.29) is 12.4 Å². The van der Waals surface area contributed by atoms with Crippen LogP contribution in [0, 0.1) is 0 Å². The molecule has 0 saturated heterocycles. The van der Waals surface area contributed by atoms with E-state index in [0.717, 1.165) is 24.3 Å². The molecule has 1 heterocycles. The first-order valence-corrected chi connectivity index (χ1v) is 7.00. The number of nitrogens with one attached hydrogen (secondary N) is 1. The highest BCUT2D eigenvalue weighted by molar-refractivity contribution is 5.94. The SMILES string of the molecule is C[C@H](Oc1ccc(C(F)(F)F)cc1)C(=O)Nc1cnccc1CO. The molecule has 0 fully saturated rings. The summed E-state index contributed by atoms with van der Waals surface area (Å²) in [5.41, 5.74) is 0.0304. The third-order valence-electron chi connectivity index (χ3n) is 3.20. The van der Waals surface area contributed by atoms with Crippen LogP contribution in [0.4, 0.5) is 18.9 Å². The van der Waals surface area contributed by atoms with Crippen molar-refractivity contribution in [1.82, 2.24) is 4.98 Å². The van der Waals surface area contributed by atoms with Gasteiger partial charge in [-0.05, 0) is 37.3 Å². The molecule has 128 valence electrons. The molecule has 2 aromatic rings. The highest BCUT2D eigenvalue weighted by atomic mass is 19.4. The Morgan fingerprint density at radius 3 is 2.54 bits per heavy atom. The number of anilines is 1. The zero-order chi connectivity index (χ0) is 17.7. The molecule has 1 aromatic carbocycles. The number of benzene rings is 1. The molecule has 1 amide bonds. The van der Waals surface area contributed by atoms with E-state index in [1.54, 1.807) is 6.07 Å². The third kappa shape index (κ3) is 4.45. The molecule has 8 heteroatoms. The molecule has 0 aliphatic carbocycles. The predicted molar refractivity (Wildman–Crippen MR) is 80.3 cm³/mol. The summed E-state index contributed by atoms with van der Waals surface area (Å²) in [4.78, 5) is 15.9. The van der Waals surface area contributed by atoms with Crippen molar-refractivity contribution in [2.24, 2.45) is 0 Å². The Labute approximate surface area is 136 Å². The number of hydrogen-bond acceptors (Lipinski definition) is 4. The number of alkyl halides is 3. The number of pyridine rings is 1. The van der Waals surface area contributed by atoms with Crippen molar-refractivity contribution in [2.45, 2.75) is 25.8 Å². The number of amides is 1. The Bertz CT molecular complexity index is 702. The predicted octanol–water partition coefficient (Wildman–Crippen LogP) is 3.00. The summed E-state index contributed by atoms with van der Waals surface area (Å²) < 4.78 is 42.8. The van der Waals surface area contributed by atoms with Crippen molar-refractivity contribution in [3.8, 4) is 5.75 Å². The van der Waals surface area contributed by atoms with E-state index in [4.69, 9.17) is 4.74 Å². The first-order chi connectivity index (χ1) is 11.3. The van der Waals surface area contributed by atoms with Gasteiger partial charge in [0.2, 0.25) is 0 Å². The molecule has 24 heavy (non-hydrogen) atoms. The summed E-state index contributed by atoms with van der Waals surface area (Å²) in [5.74, 6) is -0.378. The number of aliphatic hydroxyl groups excluding tert-OH is 1. The Kier molecular flexibility index (Phi) is 5.40. The molecule has 0 saturated carbocycles. The van der Waals surface area contributed by atoms with Crippen LogP contribution < -0.4 is 10.1 Å². The lowest BCUT2D eigenvalue weighted by Crippen LogP contribution is -2.30. The van der Waals surface area contributed by atoms with Crippen LogP contribution in [0.3, 0.4) is 0 Å². The number of carbonyl (C=O) groups is 1. The Morgan fingerprint density at radius 2 is 1.96 bits per heavy atom. The summed E-state index contributed by atoms with van der Waals surface area (Å²) in [7, 11) is 0. The van der Waals surface area contributed by atoms with Gasteiger partial charge in [0.15, 0.2) is 6.10 Å². The van der Waals surface area contributed by atoms with E-state index in [1.165, 1.54) is 19.3 Å². The lowest BCUT2D eigenvalue weighted by atomic mass is 10.2. The van der Waals surface area contributed by atoms with E-state index >= 15 is 0 Å². The number of aliphatic hydroxyl groups is 1. The molecule has 1 atom stereocenters. The smallest absolute Gasteiger partial charge is 0.416 e. The highest BCUT2D eigenvalue weighted by Gasteiger charge is 2.30. The van der Waals surface area contributed by atoms with Crippen LogP contribution in [0.1, 0.15) is 18.1 Å². The topological polar surface area (TPSA) is 71.5 Å². The summed E-state index contributed by atoms with van der Waals surface area (Å²) in [6.07, 6.45) is -2.52. The van der Waals surface area contributed by atoms with Gasteiger partial charge in [0, 0.05) is 11.8 Å². The molecule has 5 nitrogen and oxygen atoms in total. The normalized spacial score (nSPS) is 12.5. The molecule has 0 spiro atoms. The van der Waals surface area contributed by atoms with Gasteiger partial charge >= 0.3 is 6.18 Å². The second-order valence-electron chi connectivity index (χ2n) is 4.96. The maximum Gasteiger partial charge on any atom is 0.416 e. The van der Waals surface area contributed by atoms with E-state index in [2.05, 4.69) is 10.3 Å². The van der Waals surface area contributed by atoms with Crippen LogP contribution in [0.2, 0.25) is 0 Å². The highest BCUT2D eigenvalue weighted by Crippen LogP contribution is 2.30. The quantitative estimate of drug-likeness (QED) is 0.878. The molecule has 0 aliphatic heterocycles. The standard InChI is InChI=1S/C16H15F3N2O3/c1-10(15(23)21-14-8-20-7-6-11(14)9-22)24-13-4-2-12(3-5-13)16(17,18)19/h2-8,10,22H,9H2,1H3,(H,21,23)/t10-/m0/s1. The average Bonchev–Trinajstić information content (AvgIpc) is 2.55. The fourth-order valence-corrected chi connectivity index (χ4v) is 1.89. The lowest BCUT2D eigenvalue weighted by molar-refractivity contribution is -0.137. The van der Waals surface area contributed by atoms with Crippen molar-refractivity contribution in [3.63, 3.8) is 0 Å². The van der Waals surface area contributed by atoms with Crippen LogP contribution in [0.25, 0.3) is 0 Å². The van der Waals surface area contributed by atoms with Gasteiger partial charge in [0.05, 0.1) is 24.1 Å². The van der Waals surface area contributed by atoms with Crippen LogP contribution >= 0.6 is 0 Å². The van der Waals surface area contributed by atoms with Crippen molar-refractivity contribution < 1.29 is 27.8 Å². The molecule has 0 radical (unpaired) electrons. The minimum absolute atomic E-state index is 0.138. The number of halogens is 3. The summed E-state index contributed by atoms with van der Waals surface area (Å²) in [6, 6.07) is 5.61. The Balaban J connectivity index is 2.01. The van der Waals surface area contributed by atoms with E-state index in [9.17, 15) is 23.1 Å². The van der Waals surface area contributed by atoms with Gasteiger partial charge < -0.3 is 15.2 Å². The van der Waals surface area contributed by atoms with Crippen molar-refractivity contribution >= 4 is 11.6 Å². The number of rotatable bonds is 5. The molecule has 2 N–H and O–H groups in total. The fraction of sp³-hybridized carbons (Fsp3) is 0.250. The van der Waals surface area contributed by atoms with Crippen molar-refractivity contribution in [3.05, 3.63) is 53.9 Å². The first kappa shape index (κ1) is 17.7. The number of carbonyl (C=O) groups excluding carboxylic acids is 1. The van der Waals surface area contributed by atoms with Gasteiger partial charge in [-0.25, -0.2) is 0 Å². The van der Waals surface area contributed by atoms with E-state index < -0.39 is 23.8 Å². The Morgan fingerprint density at radius 1 is 1.29 bits per heavy atom. The van der Waals surface area contributed by atoms with Gasteiger partial charge in [-0.15, -0.1) is 0 Å². The summed E-state index contributed by atoms with van der Waals surface area (Å²) in [6.45, 7) is 1.19. The zero-order valence-corrected chi connectivity index (χ0v) is 12.7. The van der Waals surface area contributed by atoms with Crippen LogP contribution in [0.5, 0.6) is 5.75 Å². The minimum atomic E-state index is -4.43. The maximum atomic E-state index is 12.5. The molecular weight excluding hydrogens is 325 g/mol. The zero-order valence-electron chi connectivity index (χ0n) is 12.7. The second kappa shape index (κ2) is 7.31. The van der Waals surface area contributed by atoms with Gasteiger partial charge in [0.1, 0.15) is 5.75 Å². The van der Waals surface area contributed by atoms with Gasteiger partial charge in [-0.3, -0.25) is 9.78 Å². The van der Waals surface area contributed by atoms with Crippen molar-refractivity contribution in [2.75, 3.05) is 5.32 Å². The largest absolute Gasteiger partial charge is 0.481 e. The summed E-state index contributed by atoms with van der Waals surface area (Å²) in [5, 5.41) is 11.7. The first-order valence-electron chi connectivity index (χ1n) is 7.00. The summed E-state index contributed by atoms with van der Waals surface area (Å²) >= 11 is 0. The molecular formula is C16H15F3N2O3. The average molecular weight is 340 g/mol. The van der Waals surface area contributed by atoms with E-state index in [1.807, 2.05) is 0 Å². The monoisotopic (exact) mass is 340 g/mol. The lowest BCUT2D eigenvalue weighted by Gasteiger charge is -2.16. The molecule has 0 aliphatic rings. The number of aromatic nitrogens is 1. The van der Waals surface area contributed by atoms with E-state index in [0.29, 0.717) is 11.3 Å². The van der Waals surface area contributed by atoms with Crippen LogP contribution in [-0.2, 0) is 17.6 Å². The minimum Gasteiger partial charge on any atom is -0.481 e. The van der Waals surface area contributed by atoms with Gasteiger partial charge in [0.25, 0.3) is 5.91 Å². The fourth-order valence-electron chi connectivity index (χ4n) is 1.89.